The van der Waals surface area contributed by atoms with Crippen molar-refractivity contribution in [2.24, 2.45) is 0 Å². The number of hydrogen-bond acceptors (Lipinski definition) is 2. The molecule has 0 radical (unpaired) electrons. The Kier molecular flexibility index (Phi) is 7.87. The van der Waals surface area contributed by atoms with Crippen LogP contribution in [0.15, 0.2) is 18.3 Å². The second kappa shape index (κ2) is 9.54. The molecule has 19 heavy (non-hydrogen) atoms. The lowest BCUT2D eigenvalue weighted by atomic mass is 10.0. The van der Waals surface area contributed by atoms with Gasteiger partial charge in [-0.1, -0.05) is 45.4 Å². The molecule has 106 valence electrons. The molecule has 0 fully saturated rings. The molecule has 3 nitrogen and oxygen atoms in total. The number of carbonyl (C=O) groups excluding carboxylic acids is 2. The monoisotopic (exact) mass is 263 g/mol. The first-order valence-corrected chi connectivity index (χ1v) is 7.42. The Morgan fingerprint density at radius 2 is 1.74 bits per heavy atom. The van der Waals surface area contributed by atoms with Crippen molar-refractivity contribution in [1.29, 1.82) is 0 Å². The van der Waals surface area contributed by atoms with Crippen LogP contribution in [0.1, 0.15) is 75.2 Å². The number of unbranched alkanes of at least 4 members (excludes halogenated alkanes) is 6. The first-order chi connectivity index (χ1) is 9.24. The number of hydrogen-bond donors (Lipinski definition) is 1. The predicted octanol–water partition coefficient (Wildman–Crippen LogP) is 4.30. The maximum Gasteiger partial charge on any atom is 0.186 e. The van der Waals surface area contributed by atoms with Gasteiger partial charge in [0.2, 0.25) is 0 Å². The molecule has 0 amide bonds. The number of ketones is 2. The van der Waals surface area contributed by atoms with Crippen LogP contribution < -0.4 is 0 Å². The van der Waals surface area contributed by atoms with E-state index in [1.165, 1.54) is 32.1 Å². The number of aromatic amines is 1. The van der Waals surface area contributed by atoms with E-state index in [1.54, 1.807) is 18.3 Å². The second-order valence-corrected chi connectivity index (χ2v) is 5.09. The van der Waals surface area contributed by atoms with E-state index in [4.69, 9.17) is 0 Å². The number of rotatable bonds is 11. The van der Waals surface area contributed by atoms with E-state index in [9.17, 15) is 9.59 Å². The minimum atomic E-state index is -0.0991. The third-order valence-electron chi connectivity index (χ3n) is 3.32. The van der Waals surface area contributed by atoms with Crippen molar-refractivity contribution in [3.8, 4) is 0 Å². The van der Waals surface area contributed by atoms with E-state index in [1.807, 2.05) is 0 Å². The largest absolute Gasteiger partial charge is 0.359 e. The molecular weight excluding hydrogens is 238 g/mol. The number of aromatic nitrogens is 1. The average Bonchev–Trinajstić information content (AvgIpc) is 2.91. The summed E-state index contributed by atoms with van der Waals surface area (Å²) >= 11 is 0. The highest BCUT2D eigenvalue weighted by molar-refractivity contribution is 6.06. The summed E-state index contributed by atoms with van der Waals surface area (Å²) in [5.41, 5.74) is 0.535. The van der Waals surface area contributed by atoms with Gasteiger partial charge in [0.05, 0.1) is 12.1 Å². The van der Waals surface area contributed by atoms with Gasteiger partial charge in [0.15, 0.2) is 5.78 Å². The van der Waals surface area contributed by atoms with Crippen LogP contribution in [0.2, 0.25) is 0 Å². The normalized spacial score (nSPS) is 10.6. The summed E-state index contributed by atoms with van der Waals surface area (Å²) in [4.78, 5) is 26.2. The molecule has 0 aromatic carbocycles. The van der Waals surface area contributed by atoms with Crippen LogP contribution in [0.3, 0.4) is 0 Å². The lowest BCUT2D eigenvalue weighted by molar-refractivity contribution is -0.118. The zero-order chi connectivity index (χ0) is 13.9. The fourth-order valence-electron chi connectivity index (χ4n) is 2.15. The fraction of sp³-hybridized carbons (Fsp3) is 0.625. The number of nitrogens with one attached hydrogen (secondary N) is 1. The van der Waals surface area contributed by atoms with Crippen molar-refractivity contribution < 1.29 is 9.59 Å². The van der Waals surface area contributed by atoms with E-state index in [-0.39, 0.29) is 18.0 Å². The van der Waals surface area contributed by atoms with Gasteiger partial charge in [-0.05, 0) is 18.6 Å². The van der Waals surface area contributed by atoms with Gasteiger partial charge in [0, 0.05) is 12.6 Å². The number of carbonyl (C=O) groups is 2. The predicted molar refractivity (Wildman–Crippen MR) is 77.4 cm³/mol. The Morgan fingerprint density at radius 1 is 1.05 bits per heavy atom. The Morgan fingerprint density at radius 3 is 2.37 bits per heavy atom. The zero-order valence-corrected chi connectivity index (χ0v) is 11.9. The van der Waals surface area contributed by atoms with E-state index in [0.29, 0.717) is 12.1 Å². The molecule has 1 aromatic heterocycles. The van der Waals surface area contributed by atoms with Gasteiger partial charge in [0.1, 0.15) is 5.78 Å². The summed E-state index contributed by atoms with van der Waals surface area (Å²) < 4.78 is 0. The molecule has 0 aliphatic rings. The van der Waals surface area contributed by atoms with Gasteiger partial charge >= 0.3 is 0 Å². The lowest BCUT2D eigenvalue weighted by Gasteiger charge is -2.01. The van der Waals surface area contributed by atoms with E-state index < -0.39 is 0 Å². The molecule has 0 spiro atoms. The standard InChI is InChI=1S/C16H25NO2/c1-2-3-4-5-6-7-8-10-14(18)13-16(19)15-11-9-12-17-15/h9,11-12,17H,2-8,10,13H2,1H3. The van der Waals surface area contributed by atoms with Crippen LogP contribution in [0.5, 0.6) is 0 Å². The molecule has 0 saturated heterocycles. The molecule has 1 rings (SSSR count). The van der Waals surface area contributed by atoms with Gasteiger partial charge < -0.3 is 4.98 Å². The third kappa shape index (κ3) is 6.94. The summed E-state index contributed by atoms with van der Waals surface area (Å²) in [6.45, 7) is 2.21. The van der Waals surface area contributed by atoms with Gasteiger partial charge in [-0.15, -0.1) is 0 Å². The smallest absolute Gasteiger partial charge is 0.186 e. The Bertz CT molecular complexity index is 368. The maximum absolute atomic E-state index is 11.7. The molecule has 0 aliphatic carbocycles. The highest BCUT2D eigenvalue weighted by atomic mass is 16.1. The Balaban J connectivity index is 2.04. The zero-order valence-electron chi connectivity index (χ0n) is 11.9. The minimum absolute atomic E-state index is 0.0380. The van der Waals surface area contributed by atoms with Crippen molar-refractivity contribution in [2.75, 3.05) is 0 Å². The summed E-state index contributed by atoms with van der Waals surface area (Å²) in [7, 11) is 0. The van der Waals surface area contributed by atoms with Crippen LogP contribution in [0.4, 0.5) is 0 Å². The first kappa shape index (κ1) is 15.7. The van der Waals surface area contributed by atoms with Crippen molar-refractivity contribution in [3.63, 3.8) is 0 Å². The summed E-state index contributed by atoms with van der Waals surface area (Å²) in [5.74, 6) is -0.0360. The topological polar surface area (TPSA) is 49.9 Å². The second-order valence-electron chi connectivity index (χ2n) is 5.09. The molecule has 1 aromatic rings. The van der Waals surface area contributed by atoms with Crippen molar-refractivity contribution >= 4 is 11.6 Å². The van der Waals surface area contributed by atoms with Gasteiger partial charge in [-0.2, -0.15) is 0 Å². The third-order valence-corrected chi connectivity index (χ3v) is 3.32. The summed E-state index contributed by atoms with van der Waals surface area (Å²) in [6, 6.07) is 3.48. The molecular formula is C16H25NO2. The molecule has 1 N–H and O–H groups in total. The van der Waals surface area contributed by atoms with Crippen LogP contribution in [0, 0.1) is 0 Å². The van der Waals surface area contributed by atoms with Crippen molar-refractivity contribution in [2.45, 2.75) is 64.7 Å². The maximum atomic E-state index is 11.7. The summed E-state index contributed by atoms with van der Waals surface area (Å²) in [5, 5.41) is 0. The van der Waals surface area contributed by atoms with E-state index >= 15 is 0 Å². The molecule has 1 heterocycles. The van der Waals surface area contributed by atoms with Crippen LogP contribution in [-0.4, -0.2) is 16.6 Å². The Labute approximate surface area is 115 Å². The molecule has 0 bridgehead atoms. The summed E-state index contributed by atoms with van der Waals surface area (Å²) in [6.07, 6.45) is 10.7. The first-order valence-electron chi connectivity index (χ1n) is 7.42. The van der Waals surface area contributed by atoms with Crippen LogP contribution >= 0.6 is 0 Å². The van der Waals surface area contributed by atoms with Gasteiger partial charge in [0.25, 0.3) is 0 Å². The van der Waals surface area contributed by atoms with Crippen molar-refractivity contribution in [3.05, 3.63) is 24.0 Å². The van der Waals surface area contributed by atoms with Crippen LogP contribution in [-0.2, 0) is 4.79 Å². The number of H-pyrrole nitrogens is 1. The number of Topliss-reactive ketones (excluding diaryl/α,β-unsaturated/α-hetero) is 2. The Hall–Kier alpha value is -1.38. The van der Waals surface area contributed by atoms with E-state index in [0.717, 1.165) is 12.8 Å². The minimum Gasteiger partial charge on any atom is -0.359 e. The van der Waals surface area contributed by atoms with Gasteiger partial charge in [-0.3, -0.25) is 9.59 Å². The highest BCUT2D eigenvalue weighted by Crippen LogP contribution is 2.10. The lowest BCUT2D eigenvalue weighted by Crippen LogP contribution is -2.08. The van der Waals surface area contributed by atoms with E-state index in [2.05, 4.69) is 11.9 Å². The van der Waals surface area contributed by atoms with Gasteiger partial charge in [-0.25, -0.2) is 0 Å². The quantitative estimate of drug-likeness (QED) is 0.367. The van der Waals surface area contributed by atoms with Crippen molar-refractivity contribution in [1.82, 2.24) is 4.98 Å². The SMILES string of the molecule is CCCCCCCCCC(=O)CC(=O)c1ccc[nH]1. The molecule has 0 atom stereocenters. The molecule has 0 aliphatic heterocycles. The molecule has 0 unspecified atom stereocenters. The average molecular weight is 263 g/mol. The fourth-order valence-corrected chi connectivity index (χ4v) is 2.15. The molecule has 3 heteroatoms. The van der Waals surface area contributed by atoms with Crippen LogP contribution in [0.25, 0.3) is 0 Å². The highest BCUT2D eigenvalue weighted by Gasteiger charge is 2.11. The molecule has 0 saturated carbocycles.